The SMILES string of the molecule is Cc1ccc(NC(N)=NCC(c2ccco2)N2CCCC2)cc1. The molecule has 0 aliphatic carbocycles. The first-order chi connectivity index (χ1) is 11.2. The molecule has 1 aliphatic heterocycles. The van der Waals surface area contributed by atoms with Crippen LogP contribution in [0.5, 0.6) is 0 Å². The molecule has 23 heavy (non-hydrogen) atoms. The summed E-state index contributed by atoms with van der Waals surface area (Å²) in [6.45, 7) is 4.84. The third-order valence-electron chi connectivity index (χ3n) is 4.21. The molecule has 122 valence electrons. The van der Waals surface area contributed by atoms with Crippen molar-refractivity contribution in [2.24, 2.45) is 10.7 Å². The molecule has 3 N–H and O–H groups in total. The Morgan fingerprint density at radius 1 is 1.26 bits per heavy atom. The third-order valence-corrected chi connectivity index (χ3v) is 4.21. The number of nitrogens with one attached hydrogen (secondary N) is 1. The third kappa shape index (κ3) is 4.13. The molecule has 5 nitrogen and oxygen atoms in total. The number of aliphatic imine (C=N–C) groups is 1. The van der Waals surface area contributed by atoms with Crippen molar-refractivity contribution >= 4 is 11.6 Å². The van der Waals surface area contributed by atoms with Gasteiger partial charge in [-0.2, -0.15) is 0 Å². The van der Waals surface area contributed by atoms with E-state index in [1.807, 2.05) is 36.4 Å². The van der Waals surface area contributed by atoms with Crippen molar-refractivity contribution in [3.05, 3.63) is 54.0 Å². The number of likely N-dealkylation sites (tertiary alicyclic amines) is 1. The highest BCUT2D eigenvalue weighted by Gasteiger charge is 2.25. The number of aryl methyl sites for hydroxylation is 1. The van der Waals surface area contributed by atoms with Gasteiger partial charge in [0.2, 0.25) is 0 Å². The van der Waals surface area contributed by atoms with Gasteiger partial charge in [0.05, 0.1) is 18.8 Å². The van der Waals surface area contributed by atoms with Crippen LogP contribution in [0, 0.1) is 6.92 Å². The van der Waals surface area contributed by atoms with Gasteiger partial charge in [0, 0.05) is 5.69 Å². The lowest BCUT2D eigenvalue weighted by Crippen LogP contribution is -2.30. The molecule has 5 heteroatoms. The number of guanidine groups is 1. The number of furan rings is 1. The average molecular weight is 312 g/mol. The van der Waals surface area contributed by atoms with Gasteiger partial charge in [0.25, 0.3) is 0 Å². The molecule has 0 radical (unpaired) electrons. The summed E-state index contributed by atoms with van der Waals surface area (Å²) in [5, 5.41) is 3.14. The van der Waals surface area contributed by atoms with Crippen molar-refractivity contribution in [3.63, 3.8) is 0 Å². The number of nitrogens with two attached hydrogens (primary N) is 1. The zero-order chi connectivity index (χ0) is 16.1. The Labute approximate surface area is 137 Å². The van der Waals surface area contributed by atoms with Crippen LogP contribution < -0.4 is 11.1 Å². The van der Waals surface area contributed by atoms with Crippen LogP contribution in [0.1, 0.15) is 30.2 Å². The van der Waals surface area contributed by atoms with Crippen LogP contribution in [0.25, 0.3) is 0 Å². The van der Waals surface area contributed by atoms with Gasteiger partial charge in [-0.05, 0) is 57.1 Å². The lowest BCUT2D eigenvalue weighted by molar-refractivity contribution is 0.221. The number of benzene rings is 1. The highest BCUT2D eigenvalue weighted by atomic mass is 16.3. The second-order valence-corrected chi connectivity index (χ2v) is 5.99. The minimum atomic E-state index is 0.158. The van der Waals surface area contributed by atoms with Crippen LogP contribution >= 0.6 is 0 Å². The summed E-state index contributed by atoms with van der Waals surface area (Å²) in [6, 6.07) is 12.2. The normalized spacial score (nSPS) is 17.3. The molecule has 0 spiro atoms. The van der Waals surface area contributed by atoms with E-state index in [1.165, 1.54) is 18.4 Å². The second kappa shape index (κ2) is 7.33. The molecule has 1 aliphatic rings. The van der Waals surface area contributed by atoms with Crippen LogP contribution in [0.15, 0.2) is 52.1 Å². The minimum absolute atomic E-state index is 0.158. The largest absolute Gasteiger partial charge is 0.468 e. The van der Waals surface area contributed by atoms with Gasteiger partial charge in [0.15, 0.2) is 5.96 Å². The fourth-order valence-electron chi connectivity index (χ4n) is 2.93. The predicted octanol–water partition coefficient (Wildman–Crippen LogP) is 3.15. The Hall–Kier alpha value is -2.27. The second-order valence-electron chi connectivity index (χ2n) is 5.99. The first-order valence-electron chi connectivity index (χ1n) is 8.13. The average Bonchev–Trinajstić information content (AvgIpc) is 3.24. The molecule has 0 bridgehead atoms. The van der Waals surface area contributed by atoms with Gasteiger partial charge in [-0.25, -0.2) is 0 Å². The summed E-state index contributed by atoms with van der Waals surface area (Å²) < 4.78 is 5.60. The topological polar surface area (TPSA) is 66.8 Å². The molecule has 1 atom stereocenters. The Morgan fingerprint density at radius 3 is 2.65 bits per heavy atom. The minimum Gasteiger partial charge on any atom is -0.468 e. The molecule has 1 aromatic heterocycles. The van der Waals surface area contributed by atoms with E-state index < -0.39 is 0 Å². The van der Waals surface area contributed by atoms with Crippen LogP contribution in [0.2, 0.25) is 0 Å². The maximum absolute atomic E-state index is 6.03. The van der Waals surface area contributed by atoms with Crippen molar-refractivity contribution in [1.82, 2.24) is 4.90 Å². The predicted molar refractivity (Wildman–Crippen MR) is 93.5 cm³/mol. The maximum atomic E-state index is 6.03. The Balaban J connectivity index is 1.66. The zero-order valence-electron chi connectivity index (χ0n) is 13.5. The van der Waals surface area contributed by atoms with E-state index in [1.54, 1.807) is 6.26 Å². The van der Waals surface area contributed by atoms with Crippen LogP contribution in [-0.4, -0.2) is 30.5 Å². The first-order valence-corrected chi connectivity index (χ1v) is 8.13. The summed E-state index contributed by atoms with van der Waals surface area (Å²) in [6.07, 6.45) is 4.19. The molecular formula is C18H24N4O. The first kappa shape index (κ1) is 15.6. The van der Waals surface area contributed by atoms with Crippen LogP contribution in [-0.2, 0) is 0 Å². The highest BCUT2D eigenvalue weighted by molar-refractivity contribution is 5.92. The smallest absolute Gasteiger partial charge is 0.193 e. The summed E-state index contributed by atoms with van der Waals surface area (Å²) in [7, 11) is 0. The zero-order valence-corrected chi connectivity index (χ0v) is 13.5. The van der Waals surface area contributed by atoms with Gasteiger partial charge in [-0.15, -0.1) is 0 Å². The van der Waals surface area contributed by atoms with E-state index in [-0.39, 0.29) is 6.04 Å². The summed E-state index contributed by atoms with van der Waals surface area (Å²) in [4.78, 5) is 6.94. The molecule has 1 unspecified atom stereocenters. The quantitative estimate of drug-likeness (QED) is 0.657. The number of hydrogen-bond acceptors (Lipinski definition) is 3. The standard InChI is InChI=1S/C18H24N4O/c1-14-6-8-15(9-7-14)21-18(19)20-13-16(17-5-4-12-23-17)22-10-2-3-11-22/h4-9,12,16H,2-3,10-11,13H2,1H3,(H3,19,20,21). The van der Waals surface area contributed by atoms with Crippen LogP contribution in [0.3, 0.4) is 0 Å². The van der Waals surface area contributed by atoms with E-state index in [9.17, 15) is 0 Å². The number of anilines is 1. The van der Waals surface area contributed by atoms with Gasteiger partial charge < -0.3 is 15.5 Å². The lowest BCUT2D eigenvalue weighted by atomic mass is 10.2. The molecule has 2 aromatic rings. The van der Waals surface area contributed by atoms with E-state index in [2.05, 4.69) is 22.1 Å². The van der Waals surface area contributed by atoms with E-state index in [0.29, 0.717) is 12.5 Å². The van der Waals surface area contributed by atoms with Crippen molar-refractivity contribution in [1.29, 1.82) is 0 Å². The van der Waals surface area contributed by atoms with Crippen molar-refractivity contribution in [2.75, 3.05) is 25.0 Å². The van der Waals surface area contributed by atoms with Crippen molar-refractivity contribution < 1.29 is 4.42 Å². The molecule has 1 aromatic carbocycles. The molecule has 0 amide bonds. The van der Waals surface area contributed by atoms with Gasteiger partial charge in [-0.3, -0.25) is 9.89 Å². The molecule has 1 saturated heterocycles. The molecule has 1 fully saturated rings. The Kier molecular flexibility index (Phi) is 4.98. The van der Waals surface area contributed by atoms with Crippen molar-refractivity contribution in [3.8, 4) is 0 Å². The van der Waals surface area contributed by atoms with Gasteiger partial charge >= 0.3 is 0 Å². The van der Waals surface area contributed by atoms with Gasteiger partial charge in [-0.1, -0.05) is 17.7 Å². The molecule has 3 rings (SSSR count). The fourth-order valence-corrected chi connectivity index (χ4v) is 2.93. The monoisotopic (exact) mass is 312 g/mol. The Morgan fingerprint density at radius 2 is 2.00 bits per heavy atom. The number of nitrogens with zero attached hydrogens (tertiary/aromatic N) is 2. The van der Waals surface area contributed by atoms with Crippen LogP contribution in [0.4, 0.5) is 5.69 Å². The fraction of sp³-hybridized carbons (Fsp3) is 0.389. The summed E-state index contributed by atoms with van der Waals surface area (Å²) in [5.74, 6) is 1.39. The summed E-state index contributed by atoms with van der Waals surface area (Å²) in [5.41, 5.74) is 8.21. The van der Waals surface area contributed by atoms with E-state index in [4.69, 9.17) is 10.2 Å². The molecule has 2 heterocycles. The molecule has 0 saturated carbocycles. The number of hydrogen-bond donors (Lipinski definition) is 2. The lowest BCUT2D eigenvalue weighted by Gasteiger charge is -2.24. The van der Waals surface area contributed by atoms with Crippen molar-refractivity contribution in [2.45, 2.75) is 25.8 Å². The highest BCUT2D eigenvalue weighted by Crippen LogP contribution is 2.25. The maximum Gasteiger partial charge on any atom is 0.193 e. The Bertz CT molecular complexity index is 628. The van der Waals surface area contributed by atoms with E-state index >= 15 is 0 Å². The van der Waals surface area contributed by atoms with E-state index in [0.717, 1.165) is 24.5 Å². The molecular weight excluding hydrogens is 288 g/mol. The summed E-state index contributed by atoms with van der Waals surface area (Å²) >= 11 is 0. The van der Waals surface area contributed by atoms with Gasteiger partial charge in [0.1, 0.15) is 5.76 Å². The number of rotatable bonds is 5.